The van der Waals surface area contributed by atoms with Crippen molar-refractivity contribution in [2.75, 3.05) is 53.9 Å². The molecule has 2 N–H and O–H groups in total. The number of methoxy groups -OCH3 is 2. The first-order valence-electron chi connectivity index (χ1n) is 16.7. The lowest BCUT2D eigenvalue weighted by Gasteiger charge is -2.28. The second kappa shape index (κ2) is 22.6. The fourth-order valence-electron chi connectivity index (χ4n) is 5.25. The number of carbonyl (C=O) groups is 4. The van der Waals surface area contributed by atoms with Crippen LogP contribution >= 0.6 is 0 Å². The molecule has 50 heavy (non-hydrogen) atoms. The SMILES string of the molecule is COc1ccccc1C(CO)OC1CCOCC1.COc1ccccc1[C@H](COC(=O)CCC(=O)O)OC1CCOCC1.O=C1CCC(=O)O1. The molecule has 1 unspecified atom stereocenters. The largest absolute Gasteiger partial charge is 0.496 e. The number of benzene rings is 2. The van der Waals surface area contributed by atoms with Crippen LogP contribution < -0.4 is 9.47 Å². The first-order valence-corrected chi connectivity index (χ1v) is 16.7. The maximum atomic E-state index is 11.7. The predicted octanol–water partition coefficient (Wildman–Crippen LogP) is 4.11. The second-order valence-electron chi connectivity index (χ2n) is 11.5. The minimum atomic E-state index is -1.03. The summed E-state index contributed by atoms with van der Waals surface area (Å²) in [4.78, 5) is 42.3. The van der Waals surface area contributed by atoms with Crippen molar-refractivity contribution in [2.24, 2.45) is 0 Å². The van der Waals surface area contributed by atoms with Gasteiger partial charge in [-0.25, -0.2) is 0 Å². The van der Waals surface area contributed by atoms with Gasteiger partial charge in [-0.15, -0.1) is 0 Å². The molecule has 3 aliphatic rings. The summed E-state index contributed by atoms with van der Waals surface area (Å²) in [5, 5.41) is 18.2. The molecule has 2 aromatic carbocycles. The van der Waals surface area contributed by atoms with E-state index >= 15 is 0 Å². The summed E-state index contributed by atoms with van der Waals surface area (Å²) in [6.07, 6.45) is 2.79. The normalized spacial score (nSPS) is 17.6. The Kier molecular flexibility index (Phi) is 18.2. The van der Waals surface area contributed by atoms with Crippen LogP contribution in [-0.4, -0.2) is 100 Å². The molecule has 0 amide bonds. The monoisotopic (exact) mass is 704 g/mol. The second-order valence-corrected chi connectivity index (χ2v) is 11.5. The molecular formula is C36H48O14. The van der Waals surface area contributed by atoms with Crippen molar-refractivity contribution in [1.82, 2.24) is 0 Å². The van der Waals surface area contributed by atoms with Crippen molar-refractivity contribution in [3.63, 3.8) is 0 Å². The van der Waals surface area contributed by atoms with E-state index < -0.39 is 30.0 Å². The van der Waals surface area contributed by atoms with Crippen molar-refractivity contribution < 1.29 is 67.3 Å². The summed E-state index contributed by atoms with van der Waals surface area (Å²) in [7, 11) is 3.20. The Morgan fingerprint density at radius 2 is 1.20 bits per heavy atom. The van der Waals surface area contributed by atoms with Gasteiger partial charge < -0.3 is 48.1 Å². The lowest BCUT2D eigenvalue weighted by molar-refractivity contribution is -0.154. The van der Waals surface area contributed by atoms with Crippen LogP contribution in [0.5, 0.6) is 11.5 Å². The van der Waals surface area contributed by atoms with Gasteiger partial charge in [0.25, 0.3) is 0 Å². The molecule has 14 heteroatoms. The van der Waals surface area contributed by atoms with Crippen LogP contribution in [0, 0.1) is 0 Å². The lowest BCUT2D eigenvalue weighted by atomic mass is 10.1. The van der Waals surface area contributed by atoms with E-state index in [1.807, 2.05) is 48.5 Å². The zero-order chi connectivity index (χ0) is 36.1. The van der Waals surface area contributed by atoms with Crippen LogP contribution in [0.2, 0.25) is 0 Å². The molecule has 0 radical (unpaired) electrons. The van der Waals surface area contributed by atoms with E-state index in [0.717, 1.165) is 55.8 Å². The average Bonchev–Trinajstić information content (AvgIpc) is 3.54. The van der Waals surface area contributed by atoms with Crippen molar-refractivity contribution >= 4 is 23.9 Å². The molecule has 3 heterocycles. The summed E-state index contributed by atoms with van der Waals surface area (Å²) in [6, 6.07) is 15.1. The average molecular weight is 705 g/mol. The molecule has 0 spiro atoms. The molecule has 0 aliphatic carbocycles. The summed E-state index contributed by atoms with van der Waals surface area (Å²) < 4.78 is 42.7. The standard InChI is InChI=1S/C18H24O7.C14H20O4.C4H4O3/c1-22-15-5-3-2-4-14(15)16(25-13-8-10-23-11-9-13)12-24-18(21)7-6-17(19)20;1-16-13-5-3-2-4-12(13)14(10-15)18-11-6-8-17-9-7-11;5-3-1-2-4(6)7-3/h2-5,13,16H,6-12H2,1H3,(H,19,20);2-5,11,14-15H,6-10H2,1H3;1-2H2/t16-;;/m0../s1. The van der Waals surface area contributed by atoms with Crippen LogP contribution in [0.1, 0.15) is 74.7 Å². The van der Waals surface area contributed by atoms with Crippen LogP contribution in [-0.2, 0) is 47.6 Å². The van der Waals surface area contributed by atoms with E-state index in [-0.39, 0.29) is 57.2 Å². The summed E-state index contributed by atoms with van der Waals surface area (Å²) in [6.45, 7) is 2.71. The maximum absolute atomic E-state index is 11.7. The number of carboxylic acids is 1. The Morgan fingerprint density at radius 3 is 1.62 bits per heavy atom. The Bertz CT molecular complexity index is 1320. The fraction of sp³-hybridized carbons (Fsp3) is 0.556. The molecular weight excluding hydrogens is 656 g/mol. The number of aliphatic hydroxyl groups is 1. The highest BCUT2D eigenvalue weighted by molar-refractivity contribution is 5.92. The van der Waals surface area contributed by atoms with Crippen molar-refractivity contribution in [1.29, 1.82) is 0 Å². The van der Waals surface area contributed by atoms with Gasteiger partial charge >= 0.3 is 23.9 Å². The van der Waals surface area contributed by atoms with Gasteiger partial charge in [-0.1, -0.05) is 36.4 Å². The number of para-hydroxylation sites is 2. The van der Waals surface area contributed by atoms with Gasteiger partial charge in [0, 0.05) is 37.6 Å². The van der Waals surface area contributed by atoms with Gasteiger partial charge in [-0.3, -0.25) is 19.2 Å². The topological polar surface area (TPSA) is 183 Å². The molecule has 5 rings (SSSR count). The Morgan fingerprint density at radius 1 is 0.740 bits per heavy atom. The van der Waals surface area contributed by atoms with Crippen LogP contribution in [0.3, 0.4) is 0 Å². The molecule has 14 nitrogen and oxygen atoms in total. The first kappa shape index (κ1) is 40.4. The third-order valence-corrected chi connectivity index (χ3v) is 7.89. The van der Waals surface area contributed by atoms with Gasteiger partial charge in [0.05, 0.1) is 58.7 Å². The molecule has 0 saturated carbocycles. The van der Waals surface area contributed by atoms with Gasteiger partial charge in [-0.2, -0.15) is 0 Å². The fourth-order valence-corrected chi connectivity index (χ4v) is 5.25. The third-order valence-electron chi connectivity index (χ3n) is 7.89. The lowest BCUT2D eigenvalue weighted by Crippen LogP contribution is -2.27. The van der Waals surface area contributed by atoms with Crippen LogP contribution in [0.25, 0.3) is 0 Å². The summed E-state index contributed by atoms with van der Waals surface area (Å²) >= 11 is 0. The van der Waals surface area contributed by atoms with Gasteiger partial charge in [-0.05, 0) is 37.8 Å². The number of hydrogen-bond donors (Lipinski definition) is 2. The Labute approximate surface area is 291 Å². The number of aliphatic carboxylic acids is 1. The minimum absolute atomic E-state index is 0.0101. The zero-order valence-corrected chi connectivity index (χ0v) is 28.6. The maximum Gasteiger partial charge on any atom is 0.314 e. The number of rotatable bonds is 14. The molecule has 276 valence electrons. The van der Waals surface area contributed by atoms with Crippen LogP contribution in [0.15, 0.2) is 48.5 Å². The Balaban J connectivity index is 0.000000234. The van der Waals surface area contributed by atoms with E-state index in [2.05, 4.69) is 4.74 Å². The minimum Gasteiger partial charge on any atom is -0.496 e. The number of ether oxygens (including phenoxy) is 8. The molecule has 3 aliphatic heterocycles. The molecule has 0 bridgehead atoms. The highest BCUT2D eigenvalue weighted by atomic mass is 16.6. The van der Waals surface area contributed by atoms with Gasteiger partial charge in [0.15, 0.2) is 0 Å². The summed E-state index contributed by atoms with van der Waals surface area (Å²) in [5.74, 6) is -0.977. The number of carboxylic acid groups (broad SMARTS) is 1. The summed E-state index contributed by atoms with van der Waals surface area (Å²) in [5.41, 5.74) is 1.69. The molecule has 3 saturated heterocycles. The van der Waals surface area contributed by atoms with Gasteiger partial charge in [0.2, 0.25) is 0 Å². The van der Waals surface area contributed by atoms with E-state index in [9.17, 15) is 24.3 Å². The number of carbonyl (C=O) groups excluding carboxylic acids is 3. The zero-order valence-electron chi connectivity index (χ0n) is 28.6. The number of cyclic esters (lactones) is 2. The Hall–Kier alpha value is -4.08. The van der Waals surface area contributed by atoms with E-state index in [1.54, 1.807) is 14.2 Å². The quantitative estimate of drug-likeness (QED) is 0.212. The number of esters is 3. The van der Waals surface area contributed by atoms with E-state index in [0.29, 0.717) is 19.0 Å². The first-order chi connectivity index (χ1) is 24.2. The molecule has 2 aromatic rings. The van der Waals surface area contributed by atoms with E-state index in [4.69, 9.17) is 38.3 Å². The number of aliphatic hydroxyl groups excluding tert-OH is 1. The van der Waals surface area contributed by atoms with Crippen LogP contribution in [0.4, 0.5) is 0 Å². The smallest absolute Gasteiger partial charge is 0.314 e. The molecule has 3 fully saturated rings. The molecule has 0 aromatic heterocycles. The third kappa shape index (κ3) is 14.4. The van der Waals surface area contributed by atoms with Crippen molar-refractivity contribution in [3.8, 4) is 11.5 Å². The molecule has 2 atom stereocenters. The van der Waals surface area contributed by atoms with Crippen molar-refractivity contribution in [2.45, 2.75) is 75.8 Å². The van der Waals surface area contributed by atoms with Gasteiger partial charge in [0.1, 0.15) is 30.3 Å². The predicted molar refractivity (Wildman–Crippen MR) is 177 cm³/mol. The van der Waals surface area contributed by atoms with Crippen molar-refractivity contribution in [3.05, 3.63) is 59.7 Å². The van der Waals surface area contributed by atoms with E-state index in [1.165, 1.54) is 0 Å². The highest BCUT2D eigenvalue weighted by Gasteiger charge is 2.25. The number of hydrogen-bond acceptors (Lipinski definition) is 13. The highest BCUT2D eigenvalue weighted by Crippen LogP contribution is 2.31.